The van der Waals surface area contributed by atoms with Gasteiger partial charge in [0.1, 0.15) is 5.01 Å². The van der Waals surface area contributed by atoms with Crippen LogP contribution in [0, 0.1) is 13.8 Å². The molecule has 0 bridgehead atoms. The number of hydrogen-bond donors (Lipinski definition) is 2. The van der Waals surface area contributed by atoms with E-state index in [0.717, 1.165) is 21.8 Å². The first kappa shape index (κ1) is 19.1. The van der Waals surface area contributed by atoms with Gasteiger partial charge in [-0.2, -0.15) is 0 Å². The van der Waals surface area contributed by atoms with Crippen molar-refractivity contribution in [3.8, 4) is 0 Å². The summed E-state index contributed by atoms with van der Waals surface area (Å²) in [4.78, 5) is 24.0. The Morgan fingerprint density at radius 1 is 1.04 bits per heavy atom. The minimum Gasteiger partial charge on any atom is -0.326 e. The fraction of sp³-hybridized carbons (Fsp3) is 0.444. The predicted molar refractivity (Wildman–Crippen MR) is 101 cm³/mol. The second-order valence-electron chi connectivity index (χ2n) is 7.01. The summed E-state index contributed by atoms with van der Waals surface area (Å²) in [7, 11) is 0. The van der Waals surface area contributed by atoms with Gasteiger partial charge in [0.2, 0.25) is 16.9 Å². The summed E-state index contributed by atoms with van der Waals surface area (Å²) in [6.45, 7) is 10.1. The van der Waals surface area contributed by atoms with E-state index in [9.17, 15) is 9.59 Å². The molecule has 2 rings (SSSR count). The van der Waals surface area contributed by atoms with Gasteiger partial charge in [0.15, 0.2) is 0 Å². The van der Waals surface area contributed by atoms with E-state index >= 15 is 0 Å². The van der Waals surface area contributed by atoms with Crippen LogP contribution in [0.15, 0.2) is 18.2 Å². The Hall–Kier alpha value is -2.28. The Labute approximate surface area is 152 Å². The van der Waals surface area contributed by atoms with Crippen LogP contribution in [0.2, 0.25) is 0 Å². The van der Waals surface area contributed by atoms with Crippen molar-refractivity contribution in [2.24, 2.45) is 0 Å². The van der Waals surface area contributed by atoms with E-state index in [1.54, 1.807) is 0 Å². The molecule has 0 saturated carbocycles. The lowest BCUT2D eigenvalue weighted by Crippen LogP contribution is -2.17. The first-order chi connectivity index (χ1) is 11.7. The smallest absolute Gasteiger partial charge is 0.226 e. The number of aryl methyl sites for hydroxylation is 1. The molecule has 0 aliphatic carbocycles. The number of benzene rings is 1. The number of amides is 2. The van der Waals surface area contributed by atoms with Crippen LogP contribution in [0.3, 0.4) is 0 Å². The molecule has 0 atom stereocenters. The summed E-state index contributed by atoms with van der Waals surface area (Å²) < 4.78 is 0. The van der Waals surface area contributed by atoms with Gasteiger partial charge >= 0.3 is 0 Å². The normalized spacial score (nSPS) is 11.2. The van der Waals surface area contributed by atoms with Gasteiger partial charge < -0.3 is 10.6 Å². The average molecular weight is 360 g/mol. The average Bonchev–Trinajstić information content (AvgIpc) is 2.98. The van der Waals surface area contributed by atoms with E-state index in [4.69, 9.17) is 0 Å². The molecular weight excluding hydrogens is 336 g/mol. The van der Waals surface area contributed by atoms with Crippen LogP contribution >= 0.6 is 11.3 Å². The lowest BCUT2D eigenvalue weighted by atomic mass is 9.98. The van der Waals surface area contributed by atoms with Gasteiger partial charge in [-0.05, 0) is 31.0 Å². The van der Waals surface area contributed by atoms with Gasteiger partial charge in [-0.3, -0.25) is 9.59 Å². The molecule has 25 heavy (non-hydrogen) atoms. The van der Waals surface area contributed by atoms with Crippen LogP contribution in [-0.2, 0) is 15.0 Å². The maximum Gasteiger partial charge on any atom is 0.226 e. The summed E-state index contributed by atoms with van der Waals surface area (Å²) in [6, 6.07) is 5.74. The Morgan fingerprint density at radius 2 is 1.68 bits per heavy atom. The van der Waals surface area contributed by atoms with Gasteiger partial charge in [-0.25, -0.2) is 0 Å². The Bertz CT molecular complexity index is 778. The van der Waals surface area contributed by atoms with Crippen molar-refractivity contribution in [1.82, 2.24) is 10.2 Å². The number of carbonyl (C=O) groups is 2. The lowest BCUT2D eigenvalue weighted by molar-refractivity contribution is -0.121. The molecular formula is C18H24N4O2S. The van der Waals surface area contributed by atoms with Gasteiger partial charge in [-0.15, -0.1) is 10.2 Å². The molecule has 0 aliphatic rings. The molecule has 1 aromatic heterocycles. The van der Waals surface area contributed by atoms with E-state index in [1.165, 1.54) is 11.3 Å². The number of aromatic nitrogens is 2. The van der Waals surface area contributed by atoms with Crippen molar-refractivity contribution in [3.05, 3.63) is 34.3 Å². The summed E-state index contributed by atoms with van der Waals surface area (Å²) in [6.07, 6.45) is 0.214. The zero-order valence-corrected chi connectivity index (χ0v) is 16.1. The van der Waals surface area contributed by atoms with Crippen LogP contribution in [0.1, 0.15) is 49.7 Å². The molecule has 0 spiro atoms. The molecule has 2 amide bonds. The number of carbonyl (C=O) groups excluding carboxylic acids is 2. The second-order valence-corrected chi connectivity index (χ2v) is 7.98. The second kappa shape index (κ2) is 7.74. The van der Waals surface area contributed by atoms with Crippen LogP contribution in [0.5, 0.6) is 0 Å². The van der Waals surface area contributed by atoms with Gasteiger partial charge in [0.05, 0.1) is 0 Å². The summed E-state index contributed by atoms with van der Waals surface area (Å²) in [5.74, 6) is -0.427. The van der Waals surface area contributed by atoms with Gasteiger partial charge in [0, 0.05) is 23.9 Å². The topological polar surface area (TPSA) is 84.0 Å². The standard InChI is InChI=1S/C18H24N4O2S/c1-11-7-6-8-13(12(11)2)19-14(23)9-10-15(24)20-17-22-21-16(25-17)18(3,4)5/h6-8H,9-10H2,1-5H3,(H,19,23)(H,20,22,24). The molecule has 0 aliphatic heterocycles. The molecule has 0 fully saturated rings. The van der Waals surface area contributed by atoms with E-state index in [-0.39, 0.29) is 30.1 Å². The number of rotatable bonds is 5. The highest BCUT2D eigenvalue weighted by atomic mass is 32.1. The van der Waals surface area contributed by atoms with Crippen LogP contribution in [-0.4, -0.2) is 22.0 Å². The monoisotopic (exact) mass is 360 g/mol. The fourth-order valence-corrected chi connectivity index (χ4v) is 2.90. The molecule has 1 aromatic carbocycles. The first-order valence-electron chi connectivity index (χ1n) is 8.16. The minimum absolute atomic E-state index is 0.0983. The van der Waals surface area contributed by atoms with Gasteiger partial charge in [-0.1, -0.05) is 44.2 Å². The number of anilines is 2. The number of nitrogens with zero attached hydrogens (tertiary/aromatic N) is 2. The predicted octanol–water partition coefficient (Wildman–Crippen LogP) is 3.81. The molecule has 2 aromatic rings. The van der Waals surface area contributed by atoms with Crippen molar-refractivity contribution < 1.29 is 9.59 Å². The molecule has 2 N–H and O–H groups in total. The Balaban J connectivity index is 1.84. The van der Waals surface area contributed by atoms with Crippen molar-refractivity contribution in [2.75, 3.05) is 10.6 Å². The summed E-state index contributed by atoms with van der Waals surface area (Å²) in [5, 5.41) is 14.9. The van der Waals surface area contributed by atoms with Crippen molar-refractivity contribution in [1.29, 1.82) is 0 Å². The van der Waals surface area contributed by atoms with Crippen molar-refractivity contribution >= 4 is 34.0 Å². The van der Waals surface area contributed by atoms with Crippen LogP contribution < -0.4 is 10.6 Å². The third kappa shape index (κ3) is 5.35. The van der Waals surface area contributed by atoms with Gasteiger partial charge in [0.25, 0.3) is 0 Å². The largest absolute Gasteiger partial charge is 0.326 e. The maximum atomic E-state index is 12.1. The molecule has 0 saturated heterocycles. The SMILES string of the molecule is Cc1cccc(NC(=O)CCC(=O)Nc2nnc(C(C)(C)C)s2)c1C. The van der Waals surface area contributed by atoms with E-state index in [2.05, 4.69) is 20.8 Å². The summed E-state index contributed by atoms with van der Waals surface area (Å²) in [5.41, 5.74) is 2.82. The zero-order chi connectivity index (χ0) is 18.6. The minimum atomic E-state index is -0.243. The summed E-state index contributed by atoms with van der Waals surface area (Å²) >= 11 is 1.35. The third-order valence-corrected chi connectivity index (χ3v) is 5.04. The maximum absolute atomic E-state index is 12.1. The highest BCUT2D eigenvalue weighted by Gasteiger charge is 2.20. The molecule has 7 heteroatoms. The van der Waals surface area contributed by atoms with Crippen LogP contribution in [0.4, 0.5) is 10.8 Å². The number of hydrogen-bond acceptors (Lipinski definition) is 5. The molecule has 6 nitrogen and oxygen atoms in total. The van der Waals surface area contributed by atoms with E-state index < -0.39 is 0 Å². The Morgan fingerprint density at radius 3 is 2.28 bits per heavy atom. The lowest BCUT2D eigenvalue weighted by Gasteiger charge is -2.12. The highest BCUT2D eigenvalue weighted by molar-refractivity contribution is 7.15. The fourth-order valence-electron chi connectivity index (χ4n) is 2.08. The van der Waals surface area contributed by atoms with Crippen LogP contribution in [0.25, 0.3) is 0 Å². The van der Waals surface area contributed by atoms with E-state index in [1.807, 2.05) is 52.8 Å². The van der Waals surface area contributed by atoms with E-state index in [0.29, 0.717) is 5.13 Å². The first-order valence-corrected chi connectivity index (χ1v) is 8.98. The molecule has 0 unspecified atom stereocenters. The number of nitrogens with one attached hydrogen (secondary N) is 2. The van der Waals surface area contributed by atoms with Crippen molar-refractivity contribution in [3.63, 3.8) is 0 Å². The third-order valence-electron chi connectivity index (χ3n) is 3.77. The quantitative estimate of drug-likeness (QED) is 0.849. The zero-order valence-electron chi connectivity index (χ0n) is 15.3. The molecule has 0 radical (unpaired) electrons. The Kier molecular flexibility index (Phi) is 5.89. The highest BCUT2D eigenvalue weighted by Crippen LogP contribution is 2.27. The molecule has 134 valence electrons. The molecule has 1 heterocycles. The van der Waals surface area contributed by atoms with Crippen molar-refractivity contribution in [2.45, 2.75) is 52.9 Å².